The fraction of sp³-hybridized carbons (Fsp3) is 0.826. The highest BCUT2D eigenvalue weighted by Gasteiger charge is 2.50. The number of aromatic nitrogens is 2. The first-order valence-electron chi connectivity index (χ1n) is 11.3. The Morgan fingerprint density at radius 1 is 1.07 bits per heavy atom. The van der Waals surface area contributed by atoms with Gasteiger partial charge in [0.15, 0.2) is 0 Å². The van der Waals surface area contributed by atoms with Gasteiger partial charge in [-0.15, -0.1) is 0 Å². The van der Waals surface area contributed by atoms with Crippen molar-refractivity contribution in [3.63, 3.8) is 0 Å². The highest BCUT2D eigenvalue weighted by molar-refractivity contribution is 5.87. The van der Waals surface area contributed by atoms with Crippen LogP contribution in [0.5, 0.6) is 0 Å². The van der Waals surface area contributed by atoms with Crippen molar-refractivity contribution < 1.29 is 9.90 Å². The highest BCUT2D eigenvalue weighted by atomic mass is 16.4. The molecule has 5 aliphatic rings. The van der Waals surface area contributed by atoms with Gasteiger partial charge in [0.25, 0.3) is 0 Å². The minimum atomic E-state index is -0.799. The first-order valence-corrected chi connectivity index (χ1v) is 11.3. The molecule has 4 nitrogen and oxygen atoms in total. The molecule has 1 aromatic rings. The molecule has 0 unspecified atom stereocenters. The monoisotopic (exact) mass is 370 g/mol. The summed E-state index contributed by atoms with van der Waals surface area (Å²) < 4.78 is 1.91. The Morgan fingerprint density at radius 3 is 2.22 bits per heavy atom. The Bertz CT molecular complexity index is 694. The van der Waals surface area contributed by atoms with E-state index in [4.69, 9.17) is 4.98 Å². The van der Waals surface area contributed by atoms with Gasteiger partial charge in [0.05, 0.1) is 5.69 Å². The molecule has 1 aromatic heterocycles. The molecule has 0 atom stereocenters. The summed E-state index contributed by atoms with van der Waals surface area (Å²) in [5.74, 6) is 3.56. The number of carbonyl (C=O) groups is 1. The molecule has 27 heavy (non-hydrogen) atoms. The lowest BCUT2D eigenvalue weighted by Crippen LogP contribution is -2.46. The molecule has 0 spiro atoms. The Labute approximate surface area is 162 Å². The summed E-state index contributed by atoms with van der Waals surface area (Å²) in [5, 5.41) is 9.86. The Kier molecular flexibility index (Phi) is 4.36. The summed E-state index contributed by atoms with van der Waals surface area (Å²) in [6.45, 7) is 0. The van der Waals surface area contributed by atoms with Crippen LogP contribution in [-0.2, 0) is 13.5 Å². The third kappa shape index (κ3) is 3.13. The third-order valence-electron chi connectivity index (χ3n) is 8.43. The zero-order valence-electron chi connectivity index (χ0n) is 16.8. The highest BCUT2D eigenvalue weighted by Crippen LogP contribution is 2.61. The van der Waals surface area contributed by atoms with Crippen LogP contribution < -0.4 is 0 Å². The van der Waals surface area contributed by atoms with Crippen molar-refractivity contribution in [1.82, 2.24) is 9.55 Å². The number of aromatic carboxylic acids is 1. The number of nitrogens with zero attached hydrogens (tertiary/aromatic N) is 2. The van der Waals surface area contributed by atoms with Crippen LogP contribution in [0.1, 0.15) is 105 Å². The van der Waals surface area contributed by atoms with E-state index in [0.717, 1.165) is 42.1 Å². The molecule has 0 aromatic carbocycles. The van der Waals surface area contributed by atoms with Gasteiger partial charge in [-0.05, 0) is 87.4 Å². The van der Waals surface area contributed by atoms with Crippen molar-refractivity contribution in [2.24, 2.45) is 30.2 Å². The molecular weight excluding hydrogens is 336 g/mol. The predicted octanol–water partition coefficient (Wildman–Crippen LogP) is 5.32. The van der Waals surface area contributed by atoms with Crippen LogP contribution in [0.3, 0.4) is 0 Å². The lowest BCUT2D eigenvalue weighted by molar-refractivity contribution is -0.0571. The minimum absolute atomic E-state index is 0.454. The molecule has 148 valence electrons. The lowest BCUT2D eigenvalue weighted by Gasteiger charge is -2.57. The van der Waals surface area contributed by atoms with Crippen LogP contribution in [0.25, 0.3) is 0 Å². The van der Waals surface area contributed by atoms with Crippen molar-refractivity contribution >= 4 is 5.97 Å². The SMILES string of the molecule is Cn1c(C2CCCCC2)nc(CCC23CC4CC(CC(C4)C2)C3)c1C(=O)O. The second kappa shape index (κ2) is 6.63. The number of aryl methyl sites for hydroxylation is 1. The summed E-state index contributed by atoms with van der Waals surface area (Å²) in [6, 6.07) is 0. The van der Waals surface area contributed by atoms with E-state index in [2.05, 4.69) is 0 Å². The fourth-order valence-corrected chi connectivity index (χ4v) is 7.72. The van der Waals surface area contributed by atoms with Gasteiger partial charge in [0.2, 0.25) is 0 Å². The first-order chi connectivity index (χ1) is 13.0. The van der Waals surface area contributed by atoms with Gasteiger partial charge in [-0.2, -0.15) is 0 Å². The third-order valence-corrected chi connectivity index (χ3v) is 8.43. The zero-order valence-corrected chi connectivity index (χ0v) is 16.8. The van der Waals surface area contributed by atoms with E-state index in [1.807, 2.05) is 11.6 Å². The van der Waals surface area contributed by atoms with E-state index in [0.29, 0.717) is 17.0 Å². The number of imidazole rings is 1. The Balaban J connectivity index is 1.37. The molecule has 0 radical (unpaired) electrons. The largest absolute Gasteiger partial charge is 0.477 e. The van der Waals surface area contributed by atoms with E-state index in [1.54, 1.807) is 0 Å². The van der Waals surface area contributed by atoms with Gasteiger partial charge in [0, 0.05) is 13.0 Å². The first kappa shape index (κ1) is 17.8. The standard InChI is InChI=1S/C23H34N2O2/c1-25-20(22(26)27)19(24-21(25)18-5-3-2-4-6-18)7-8-23-12-15-9-16(13-23)11-17(10-15)14-23/h15-18H,2-14H2,1H3,(H,26,27). The summed E-state index contributed by atoms with van der Waals surface area (Å²) in [4.78, 5) is 17.0. The number of carboxylic acids is 1. The molecule has 5 saturated carbocycles. The van der Waals surface area contributed by atoms with Crippen LogP contribution in [0, 0.1) is 23.2 Å². The smallest absolute Gasteiger partial charge is 0.354 e. The van der Waals surface area contributed by atoms with Gasteiger partial charge < -0.3 is 9.67 Å². The second-order valence-electron chi connectivity index (χ2n) is 10.4. The molecule has 4 bridgehead atoms. The Hall–Kier alpha value is -1.32. The number of carboxylic acid groups (broad SMARTS) is 1. The topological polar surface area (TPSA) is 55.1 Å². The normalized spacial score (nSPS) is 35.7. The maximum atomic E-state index is 12.0. The number of hydrogen-bond donors (Lipinski definition) is 1. The maximum Gasteiger partial charge on any atom is 0.354 e. The van der Waals surface area contributed by atoms with E-state index >= 15 is 0 Å². The molecule has 1 heterocycles. The number of rotatable bonds is 5. The predicted molar refractivity (Wildman–Crippen MR) is 105 cm³/mol. The molecule has 4 heteroatoms. The van der Waals surface area contributed by atoms with Crippen LogP contribution in [0.2, 0.25) is 0 Å². The Morgan fingerprint density at radius 2 is 1.67 bits per heavy atom. The summed E-state index contributed by atoms with van der Waals surface area (Å²) in [6.07, 6.45) is 16.7. The van der Waals surface area contributed by atoms with E-state index in [-0.39, 0.29) is 0 Å². The molecular formula is C23H34N2O2. The van der Waals surface area contributed by atoms with E-state index < -0.39 is 5.97 Å². The molecule has 1 N–H and O–H groups in total. The van der Waals surface area contributed by atoms with Crippen LogP contribution >= 0.6 is 0 Å². The van der Waals surface area contributed by atoms with Gasteiger partial charge in [0.1, 0.15) is 11.5 Å². The van der Waals surface area contributed by atoms with Gasteiger partial charge in [-0.25, -0.2) is 9.78 Å². The number of hydrogen-bond acceptors (Lipinski definition) is 2. The molecule has 6 rings (SSSR count). The molecule has 0 amide bonds. The van der Waals surface area contributed by atoms with Crippen molar-refractivity contribution in [2.45, 2.75) is 89.4 Å². The van der Waals surface area contributed by atoms with Crippen molar-refractivity contribution in [2.75, 3.05) is 0 Å². The van der Waals surface area contributed by atoms with E-state index in [1.165, 1.54) is 70.6 Å². The zero-order chi connectivity index (χ0) is 18.6. The molecule has 5 aliphatic carbocycles. The minimum Gasteiger partial charge on any atom is -0.477 e. The fourth-order valence-electron chi connectivity index (χ4n) is 7.72. The molecule has 0 aliphatic heterocycles. The maximum absolute atomic E-state index is 12.0. The average Bonchev–Trinajstić information content (AvgIpc) is 2.96. The van der Waals surface area contributed by atoms with Crippen LogP contribution in [0.4, 0.5) is 0 Å². The molecule has 5 fully saturated rings. The van der Waals surface area contributed by atoms with Gasteiger partial charge in [-0.1, -0.05) is 19.3 Å². The summed E-state index contributed by atoms with van der Waals surface area (Å²) in [5.41, 5.74) is 1.81. The summed E-state index contributed by atoms with van der Waals surface area (Å²) in [7, 11) is 1.93. The van der Waals surface area contributed by atoms with Crippen LogP contribution in [-0.4, -0.2) is 20.6 Å². The van der Waals surface area contributed by atoms with E-state index in [9.17, 15) is 9.90 Å². The average molecular weight is 371 g/mol. The van der Waals surface area contributed by atoms with Crippen LogP contribution in [0.15, 0.2) is 0 Å². The van der Waals surface area contributed by atoms with Crippen molar-refractivity contribution in [1.29, 1.82) is 0 Å². The van der Waals surface area contributed by atoms with Crippen molar-refractivity contribution in [3.05, 3.63) is 17.2 Å². The molecule has 0 saturated heterocycles. The van der Waals surface area contributed by atoms with Crippen molar-refractivity contribution in [3.8, 4) is 0 Å². The van der Waals surface area contributed by atoms with Gasteiger partial charge >= 0.3 is 5.97 Å². The quantitative estimate of drug-likeness (QED) is 0.763. The van der Waals surface area contributed by atoms with Gasteiger partial charge in [-0.3, -0.25) is 0 Å². The summed E-state index contributed by atoms with van der Waals surface area (Å²) >= 11 is 0. The second-order valence-corrected chi connectivity index (χ2v) is 10.4. The lowest BCUT2D eigenvalue weighted by atomic mass is 9.48.